The SMILES string of the molecule is CNC(=O)[C@H](Cc1ccccc1)NC(=O)[C@H](CCCCNC(=O)C(F)(F)F)NC(=O)O. The van der Waals surface area contributed by atoms with Gasteiger partial charge >= 0.3 is 18.2 Å². The minimum Gasteiger partial charge on any atom is -0.465 e. The molecule has 0 saturated heterocycles. The maximum atomic E-state index is 12.6. The molecule has 4 amide bonds. The first-order chi connectivity index (χ1) is 14.5. The fourth-order valence-electron chi connectivity index (χ4n) is 2.70. The predicted octanol–water partition coefficient (Wildman–Crippen LogP) is 0.945. The van der Waals surface area contributed by atoms with Gasteiger partial charge in [-0.15, -0.1) is 0 Å². The van der Waals surface area contributed by atoms with E-state index in [4.69, 9.17) is 5.11 Å². The zero-order valence-corrected chi connectivity index (χ0v) is 16.8. The molecular weight excluding hydrogens is 421 g/mol. The average Bonchev–Trinajstić information content (AvgIpc) is 2.71. The number of rotatable bonds is 11. The summed E-state index contributed by atoms with van der Waals surface area (Å²) < 4.78 is 36.4. The van der Waals surface area contributed by atoms with Gasteiger partial charge in [0.2, 0.25) is 11.8 Å². The quantitative estimate of drug-likeness (QED) is 0.322. The number of amides is 4. The van der Waals surface area contributed by atoms with Gasteiger partial charge in [0.25, 0.3) is 0 Å². The van der Waals surface area contributed by atoms with Crippen LogP contribution in [0.3, 0.4) is 0 Å². The van der Waals surface area contributed by atoms with E-state index in [-0.39, 0.29) is 32.2 Å². The van der Waals surface area contributed by atoms with Gasteiger partial charge in [-0.1, -0.05) is 30.3 Å². The highest BCUT2D eigenvalue weighted by Gasteiger charge is 2.38. The number of hydrogen-bond donors (Lipinski definition) is 5. The Hall–Kier alpha value is -3.31. The summed E-state index contributed by atoms with van der Waals surface area (Å²) in [5, 5.41) is 17.6. The summed E-state index contributed by atoms with van der Waals surface area (Å²) in [6.45, 7) is -0.283. The maximum absolute atomic E-state index is 12.6. The van der Waals surface area contributed by atoms with Crippen molar-refractivity contribution in [3.05, 3.63) is 35.9 Å². The van der Waals surface area contributed by atoms with Gasteiger partial charge in [0, 0.05) is 20.0 Å². The van der Waals surface area contributed by atoms with Crippen LogP contribution in [0.15, 0.2) is 30.3 Å². The van der Waals surface area contributed by atoms with E-state index in [1.807, 2.05) is 5.32 Å². The summed E-state index contributed by atoms with van der Waals surface area (Å²) in [6.07, 6.45) is -6.07. The highest BCUT2D eigenvalue weighted by molar-refractivity contribution is 5.91. The van der Waals surface area contributed by atoms with Crippen molar-refractivity contribution in [3.8, 4) is 0 Å². The summed E-state index contributed by atoms with van der Waals surface area (Å²) in [4.78, 5) is 46.5. The number of hydrogen-bond acceptors (Lipinski definition) is 4. The fraction of sp³-hybridized carbons (Fsp3) is 0.474. The van der Waals surface area contributed by atoms with Crippen LogP contribution in [0.1, 0.15) is 24.8 Å². The van der Waals surface area contributed by atoms with Crippen LogP contribution >= 0.6 is 0 Å². The molecule has 0 aliphatic rings. The van der Waals surface area contributed by atoms with Crippen LogP contribution in [0, 0.1) is 0 Å². The number of unbranched alkanes of at least 4 members (excludes halogenated alkanes) is 1. The minimum absolute atomic E-state index is 0.0359. The van der Waals surface area contributed by atoms with Gasteiger partial charge in [-0.25, -0.2) is 4.79 Å². The Morgan fingerprint density at radius 2 is 1.61 bits per heavy atom. The minimum atomic E-state index is -4.99. The lowest BCUT2D eigenvalue weighted by Crippen LogP contribution is -2.54. The lowest BCUT2D eigenvalue weighted by atomic mass is 10.0. The number of carbonyl (C=O) groups is 4. The second-order valence-corrected chi connectivity index (χ2v) is 6.62. The molecule has 0 unspecified atom stereocenters. The maximum Gasteiger partial charge on any atom is 0.471 e. The van der Waals surface area contributed by atoms with Crippen LogP contribution < -0.4 is 21.3 Å². The van der Waals surface area contributed by atoms with Gasteiger partial charge in [0.05, 0.1) is 0 Å². The first-order valence-electron chi connectivity index (χ1n) is 9.45. The van der Waals surface area contributed by atoms with Crippen molar-refractivity contribution >= 4 is 23.8 Å². The second-order valence-electron chi connectivity index (χ2n) is 6.62. The van der Waals surface area contributed by atoms with Crippen molar-refractivity contribution in [2.45, 2.75) is 43.9 Å². The van der Waals surface area contributed by atoms with Crippen LogP contribution in [0.5, 0.6) is 0 Å². The lowest BCUT2D eigenvalue weighted by Gasteiger charge is -2.22. The van der Waals surface area contributed by atoms with Gasteiger partial charge in [-0.3, -0.25) is 14.4 Å². The van der Waals surface area contributed by atoms with Crippen molar-refractivity contribution in [2.24, 2.45) is 0 Å². The molecule has 0 spiro atoms. The van der Waals surface area contributed by atoms with E-state index in [2.05, 4.69) is 10.6 Å². The molecule has 172 valence electrons. The van der Waals surface area contributed by atoms with Crippen molar-refractivity contribution in [1.82, 2.24) is 21.3 Å². The topological polar surface area (TPSA) is 137 Å². The third-order valence-corrected chi connectivity index (χ3v) is 4.24. The second kappa shape index (κ2) is 12.4. The Morgan fingerprint density at radius 1 is 0.968 bits per heavy atom. The monoisotopic (exact) mass is 446 g/mol. The van der Waals surface area contributed by atoms with Crippen LogP contribution in [-0.4, -0.2) is 60.8 Å². The third-order valence-electron chi connectivity index (χ3n) is 4.24. The standard InChI is InChI=1S/C19H25F3N4O5/c1-23-15(27)14(11-12-7-3-2-4-8-12)25-16(28)13(26-18(30)31)9-5-6-10-24-17(29)19(20,21)22/h2-4,7-8,13-14,26H,5-6,9-11H2,1H3,(H,23,27)(H,24,29)(H,25,28)(H,30,31)/t13-,14-/m0/s1. The van der Waals surface area contributed by atoms with Gasteiger partial charge < -0.3 is 26.4 Å². The highest BCUT2D eigenvalue weighted by atomic mass is 19.4. The van der Waals surface area contributed by atoms with E-state index in [1.54, 1.807) is 35.6 Å². The first kappa shape index (κ1) is 25.7. The Labute approximate surface area is 176 Å². The van der Waals surface area contributed by atoms with Crippen molar-refractivity contribution in [1.29, 1.82) is 0 Å². The molecular formula is C19H25F3N4O5. The zero-order chi connectivity index (χ0) is 23.4. The van der Waals surface area contributed by atoms with Crippen LogP contribution in [0.25, 0.3) is 0 Å². The Morgan fingerprint density at radius 3 is 2.16 bits per heavy atom. The molecule has 1 aromatic rings. The molecule has 0 aliphatic carbocycles. The summed E-state index contributed by atoms with van der Waals surface area (Å²) in [6, 6.07) is 6.69. The number of likely N-dealkylation sites (N-methyl/N-ethyl adjacent to an activating group) is 1. The van der Waals surface area contributed by atoms with Crippen molar-refractivity contribution in [3.63, 3.8) is 0 Å². The van der Waals surface area contributed by atoms with Gasteiger partial charge in [-0.05, 0) is 24.8 Å². The Bertz CT molecular complexity index is 759. The third kappa shape index (κ3) is 9.83. The van der Waals surface area contributed by atoms with E-state index >= 15 is 0 Å². The lowest BCUT2D eigenvalue weighted by molar-refractivity contribution is -0.173. The predicted molar refractivity (Wildman–Crippen MR) is 104 cm³/mol. The van der Waals surface area contributed by atoms with Crippen LogP contribution in [-0.2, 0) is 20.8 Å². The molecule has 0 saturated carbocycles. The van der Waals surface area contributed by atoms with Crippen molar-refractivity contribution < 1.29 is 37.5 Å². The number of halogens is 3. The zero-order valence-electron chi connectivity index (χ0n) is 16.8. The van der Waals surface area contributed by atoms with Crippen LogP contribution in [0.4, 0.5) is 18.0 Å². The molecule has 12 heteroatoms. The molecule has 0 heterocycles. The molecule has 5 N–H and O–H groups in total. The summed E-state index contributed by atoms with van der Waals surface area (Å²) in [5.74, 6) is -3.29. The number of carboxylic acid groups (broad SMARTS) is 1. The molecule has 1 rings (SSSR count). The molecule has 31 heavy (non-hydrogen) atoms. The first-order valence-corrected chi connectivity index (χ1v) is 9.45. The van der Waals surface area contributed by atoms with E-state index in [1.165, 1.54) is 7.05 Å². The average molecular weight is 446 g/mol. The number of nitrogens with one attached hydrogen (secondary N) is 4. The number of alkyl halides is 3. The highest BCUT2D eigenvalue weighted by Crippen LogP contribution is 2.14. The van der Waals surface area contributed by atoms with E-state index in [0.29, 0.717) is 0 Å². The molecule has 0 fully saturated rings. The molecule has 9 nitrogen and oxygen atoms in total. The molecule has 0 aromatic heterocycles. The normalized spacial score (nSPS) is 12.9. The summed E-state index contributed by atoms with van der Waals surface area (Å²) in [7, 11) is 1.40. The summed E-state index contributed by atoms with van der Waals surface area (Å²) in [5.41, 5.74) is 0.777. The largest absolute Gasteiger partial charge is 0.471 e. The number of benzene rings is 1. The van der Waals surface area contributed by atoms with Gasteiger partial charge in [0.15, 0.2) is 0 Å². The fourth-order valence-corrected chi connectivity index (χ4v) is 2.70. The smallest absolute Gasteiger partial charge is 0.465 e. The summed E-state index contributed by atoms with van der Waals surface area (Å²) >= 11 is 0. The Kier molecular flexibility index (Phi) is 10.3. The van der Waals surface area contributed by atoms with E-state index in [0.717, 1.165) is 5.56 Å². The van der Waals surface area contributed by atoms with Gasteiger partial charge in [0.1, 0.15) is 12.1 Å². The van der Waals surface area contributed by atoms with E-state index in [9.17, 15) is 32.3 Å². The van der Waals surface area contributed by atoms with Crippen molar-refractivity contribution in [2.75, 3.05) is 13.6 Å². The van der Waals surface area contributed by atoms with Crippen LogP contribution in [0.2, 0.25) is 0 Å². The number of carbonyl (C=O) groups excluding carboxylic acids is 3. The molecule has 0 aliphatic heterocycles. The molecule has 2 atom stereocenters. The molecule has 0 radical (unpaired) electrons. The van der Waals surface area contributed by atoms with E-state index < -0.39 is 42.1 Å². The van der Waals surface area contributed by atoms with Gasteiger partial charge in [-0.2, -0.15) is 13.2 Å². The molecule has 0 bridgehead atoms. The molecule has 1 aromatic carbocycles. The Balaban J connectivity index is 2.66.